The molecule has 1 aliphatic carbocycles. The number of carbonyl (C=O) groups excluding carboxylic acids is 1. The number of aromatic nitrogens is 1. The number of pyridine rings is 1. The first-order valence-electron chi connectivity index (χ1n) is 9.66. The Balaban J connectivity index is 2.20. The SMILES string of the molecule is CCN(C)c1cc(C(CNC=O)C2CC2)nc(-c2cc(C(F)(F)F)ccc2Cl)c1O. The molecule has 1 amide bonds. The van der Waals surface area contributed by atoms with Crippen LogP contribution in [0.2, 0.25) is 5.02 Å². The van der Waals surface area contributed by atoms with Crippen LogP contribution in [0.1, 0.15) is 36.9 Å². The molecule has 0 bridgehead atoms. The first-order chi connectivity index (χ1) is 14.2. The van der Waals surface area contributed by atoms with E-state index in [-0.39, 0.29) is 27.9 Å². The van der Waals surface area contributed by atoms with Crippen molar-refractivity contribution in [3.63, 3.8) is 0 Å². The molecular weight excluding hydrogens is 419 g/mol. The lowest BCUT2D eigenvalue weighted by Crippen LogP contribution is -2.23. The summed E-state index contributed by atoms with van der Waals surface area (Å²) in [5.41, 5.74) is 0.177. The summed E-state index contributed by atoms with van der Waals surface area (Å²) in [7, 11) is 1.77. The summed E-state index contributed by atoms with van der Waals surface area (Å²) >= 11 is 6.22. The predicted octanol–water partition coefficient (Wildman–Crippen LogP) is 4.82. The van der Waals surface area contributed by atoms with E-state index >= 15 is 0 Å². The molecule has 1 atom stereocenters. The van der Waals surface area contributed by atoms with Gasteiger partial charge in [0.25, 0.3) is 0 Å². The van der Waals surface area contributed by atoms with Gasteiger partial charge >= 0.3 is 6.18 Å². The third-order valence-electron chi connectivity index (χ3n) is 5.42. The van der Waals surface area contributed by atoms with Crippen molar-refractivity contribution in [2.24, 2.45) is 5.92 Å². The van der Waals surface area contributed by atoms with Crippen molar-refractivity contribution < 1.29 is 23.1 Å². The Kier molecular flexibility index (Phi) is 6.45. The fourth-order valence-electron chi connectivity index (χ4n) is 3.45. The summed E-state index contributed by atoms with van der Waals surface area (Å²) in [6, 6.07) is 4.69. The normalized spacial score (nSPS) is 15.0. The lowest BCUT2D eigenvalue weighted by Gasteiger charge is -2.24. The van der Waals surface area contributed by atoms with Gasteiger partial charge in [-0.25, -0.2) is 4.98 Å². The maximum Gasteiger partial charge on any atom is 0.416 e. The Morgan fingerprint density at radius 1 is 1.37 bits per heavy atom. The second kappa shape index (κ2) is 8.71. The first-order valence-corrected chi connectivity index (χ1v) is 10.0. The highest BCUT2D eigenvalue weighted by molar-refractivity contribution is 6.33. The van der Waals surface area contributed by atoms with E-state index in [9.17, 15) is 23.1 Å². The third-order valence-corrected chi connectivity index (χ3v) is 5.75. The zero-order valence-electron chi connectivity index (χ0n) is 16.6. The number of nitrogens with one attached hydrogen (secondary N) is 1. The van der Waals surface area contributed by atoms with Gasteiger partial charge in [0, 0.05) is 37.3 Å². The molecule has 2 aromatic rings. The fraction of sp³-hybridized carbons (Fsp3) is 0.429. The number of aromatic hydroxyl groups is 1. The maximum atomic E-state index is 13.3. The third kappa shape index (κ3) is 4.64. The van der Waals surface area contributed by atoms with Crippen LogP contribution in [0.5, 0.6) is 5.75 Å². The molecule has 2 N–H and O–H groups in total. The van der Waals surface area contributed by atoms with Crippen LogP contribution in [0.15, 0.2) is 24.3 Å². The molecule has 0 saturated heterocycles. The van der Waals surface area contributed by atoms with Gasteiger partial charge in [-0.05, 0) is 49.9 Å². The number of carbonyl (C=O) groups is 1. The highest BCUT2D eigenvalue weighted by atomic mass is 35.5. The van der Waals surface area contributed by atoms with Gasteiger partial charge in [0.05, 0.1) is 16.3 Å². The smallest absolute Gasteiger partial charge is 0.416 e. The Morgan fingerprint density at radius 2 is 2.07 bits per heavy atom. The summed E-state index contributed by atoms with van der Waals surface area (Å²) in [5, 5.41) is 13.6. The molecule has 1 aliphatic rings. The monoisotopic (exact) mass is 441 g/mol. The number of halogens is 4. The van der Waals surface area contributed by atoms with Crippen LogP contribution in [0.3, 0.4) is 0 Å². The molecule has 1 unspecified atom stereocenters. The van der Waals surface area contributed by atoms with E-state index in [2.05, 4.69) is 10.3 Å². The molecule has 1 aromatic heterocycles. The van der Waals surface area contributed by atoms with Crippen LogP contribution < -0.4 is 10.2 Å². The molecule has 9 heteroatoms. The molecule has 3 rings (SSSR count). The molecule has 0 aliphatic heterocycles. The highest BCUT2D eigenvalue weighted by Gasteiger charge is 2.35. The average molecular weight is 442 g/mol. The van der Waals surface area contributed by atoms with Crippen molar-refractivity contribution in [3.8, 4) is 17.0 Å². The van der Waals surface area contributed by atoms with Crippen molar-refractivity contribution >= 4 is 23.7 Å². The largest absolute Gasteiger partial charge is 0.504 e. The van der Waals surface area contributed by atoms with Gasteiger partial charge in [-0.3, -0.25) is 4.79 Å². The Labute approximate surface area is 177 Å². The number of hydrogen-bond donors (Lipinski definition) is 2. The van der Waals surface area contributed by atoms with Crippen LogP contribution in [0, 0.1) is 5.92 Å². The first kappa shape index (κ1) is 22.2. The molecule has 1 fully saturated rings. The Hall–Kier alpha value is -2.48. The van der Waals surface area contributed by atoms with Gasteiger partial charge in [-0.15, -0.1) is 0 Å². The van der Waals surface area contributed by atoms with E-state index < -0.39 is 11.7 Å². The molecule has 0 radical (unpaired) electrons. The van der Waals surface area contributed by atoms with E-state index in [4.69, 9.17) is 11.6 Å². The second-order valence-corrected chi connectivity index (χ2v) is 7.85. The molecule has 5 nitrogen and oxygen atoms in total. The highest BCUT2D eigenvalue weighted by Crippen LogP contribution is 2.46. The fourth-order valence-corrected chi connectivity index (χ4v) is 3.66. The lowest BCUT2D eigenvalue weighted by atomic mass is 9.96. The van der Waals surface area contributed by atoms with Crippen LogP contribution >= 0.6 is 11.6 Å². The molecule has 0 spiro atoms. The lowest BCUT2D eigenvalue weighted by molar-refractivity contribution is -0.137. The number of nitrogens with zero attached hydrogens (tertiary/aromatic N) is 2. The van der Waals surface area contributed by atoms with Gasteiger partial charge in [0.15, 0.2) is 5.75 Å². The average Bonchev–Trinajstić information content (AvgIpc) is 3.53. The van der Waals surface area contributed by atoms with Crippen molar-refractivity contribution in [2.45, 2.75) is 31.9 Å². The number of hydrogen-bond acceptors (Lipinski definition) is 4. The van der Waals surface area contributed by atoms with E-state index in [0.717, 1.165) is 31.0 Å². The number of amides is 1. The maximum absolute atomic E-state index is 13.3. The standard InChI is InChI=1S/C21H23ClF3N3O2/c1-3-28(2)18-9-17(15(10-26-11-29)12-4-5-12)27-19(20(18)30)14-8-13(21(23,24)25)6-7-16(14)22/h6-9,11-12,15,30H,3-5,10H2,1-2H3,(H,26,29). The topological polar surface area (TPSA) is 65.5 Å². The minimum absolute atomic E-state index is 0.00402. The van der Waals surface area contributed by atoms with E-state index in [1.54, 1.807) is 18.0 Å². The minimum Gasteiger partial charge on any atom is -0.504 e. The summed E-state index contributed by atoms with van der Waals surface area (Å²) < 4.78 is 39.8. The van der Waals surface area contributed by atoms with Gasteiger partial charge in [0.1, 0.15) is 5.69 Å². The quantitative estimate of drug-likeness (QED) is 0.576. The molecule has 1 aromatic carbocycles. The summed E-state index contributed by atoms with van der Waals surface area (Å²) in [6.45, 7) is 2.81. The molecule has 1 heterocycles. The van der Waals surface area contributed by atoms with Gasteiger partial charge in [-0.1, -0.05) is 11.6 Å². The van der Waals surface area contributed by atoms with Crippen LogP contribution in [0.4, 0.5) is 18.9 Å². The molecule has 30 heavy (non-hydrogen) atoms. The van der Waals surface area contributed by atoms with Gasteiger partial charge in [-0.2, -0.15) is 13.2 Å². The van der Waals surface area contributed by atoms with Crippen molar-refractivity contribution in [2.75, 3.05) is 25.0 Å². The van der Waals surface area contributed by atoms with Crippen LogP contribution in [-0.4, -0.2) is 36.6 Å². The van der Waals surface area contributed by atoms with Crippen LogP contribution in [0.25, 0.3) is 11.3 Å². The van der Waals surface area contributed by atoms with Crippen molar-refractivity contribution in [1.29, 1.82) is 0 Å². The van der Waals surface area contributed by atoms with Crippen molar-refractivity contribution in [3.05, 3.63) is 40.5 Å². The number of alkyl halides is 3. The zero-order chi connectivity index (χ0) is 22.1. The van der Waals surface area contributed by atoms with Gasteiger partial charge < -0.3 is 15.3 Å². The number of anilines is 1. The number of benzene rings is 1. The summed E-state index contributed by atoms with van der Waals surface area (Å²) in [4.78, 5) is 17.1. The Bertz CT molecular complexity index is 932. The van der Waals surface area contributed by atoms with E-state index in [1.807, 2.05) is 6.92 Å². The zero-order valence-corrected chi connectivity index (χ0v) is 17.4. The predicted molar refractivity (Wildman–Crippen MR) is 110 cm³/mol. The Morgan fingerprint density at radius 3 is 2.63 bits per heavy atom. The molecule has 1 saturated carbocycles. The van der Waals surface area contributed by atoms with Crippen LogP contribution in [-0.2, 0) is 11.0 Å². The summed E-state index contributed by atoms with van der Waals surface area (Å²) in [5.74, 6) is -0.0237. The molecular formula is C21H23ClF3N3O2. The number of rotatable bonds is 8. The molecule has 162 valence electrons. The second-order valence-electron chi connectivity index (χ2n) is 7.44. The van der Waals surface area contributed by atoms with E-state index in [0.29, 0.717) is 36.8 Å². The van der Waals surface area contributed by atoms with Crippen molar-refractivity contribution in [1.82, 2.24) is 10.3 Å². The van der Waals surface area contributed by atoms with Gasteiger partial charge in [0.2, 0.25) is 6.41 Å². The van der Waals surface area contributed by atoms with E-state index in [1.165, 1.54) is 0 Å². The summed E-state index contributed by atoms with van der Waals surface area (Å²) in [6.07, 6.45) is -1.99. The minimum atomic E-state index is -4.56.